The predicted molar refractivity (Wildman–Crippen MR) is 172 cm³/mol. The molecule has 0 amide bonds. The Morgan fingerprint density at radius 1 is 0.537 bits per heavy atom. The summed E-state index contributed by atoms with van der Waals surface area (Å²) in [5.74, 6) is 3.64. The van der Waals surface area contributed by atoms with E-state index in [0.717, 1.165) is 23.7 Å². The zero-order chi connectivity index (χ0) is 27.2. The molecule has 5 aliphatic carbocycles. The number of nitrogens with zero attached hydrogens (tertiary/aromatic N) is 1. The molecule has 41 heavy (non-hydrogen) atoms. The van der Waals surface area contributed by atoms with Crippen LogP contribution in [0.5, 0.6) is 0 Å². The lowest BCUT2D eigenvalue weighted by Gasteiger charge is -2.57. The highest BCUT2D eigenvalue weighted by molar-refractivity contribution is 5.88. The van der Waals surface area contributed by atoms with Gasteiger partial charge in [0.1, 0.15) is 0 Å². The monoisotopic (exact) mass is 537 g/mol. The molecule has 0 heterocycles. The van der Waals surface area contributed by atoms with Gasteiger partial charge in [-0.25, -0.2) is 0 Å². The first-order valence-electron chi connectivity index (χ1n) is 16.4. The van der Waals surface area contributed by atoms with Crippen LogP contribution >= 0.6 is 0 Å². The summed E-state index contributed by atoms with van der Waals surface area (Å²) < 4.78 is 0. The molecule has 1 heteroatoms. The van der Waals surface area contributed by atoms with Gasteiger partial charge in [-0.15, -0.1) is 0 Å². The number of benzene rings is 4. The highest BCUT2D eigenvalue weighted by Crippen LogP contribution is 2.61. The Balaban J connectivity index is 1.19. The minimum atomic E-state index is 0.432. The molecule has 0 unspecified atom stereocenters. The smallest absolute Gasteiger partial charge is 0.0540 e. The molecule has 0 spiro atoms. The van der Waals surface area contributed by atoms with E-state index < -0.39 is 0 Å². The van der Waals surface area contributed by atoms with Crippen LogP contribution in [0.4, 0.5) is 17.1 Å². The summed E-state index contributed by atoms with van der Waals surface area (Å²) >= 11 is 0. The van der Waals surface area contributed by atoms with Crippen molar-refractivity contribution in [1.82, 2.24) is 0 Å². The number of anilines is 3. The molecule has 0 aromatic heterocycles. The van der Waals surface area contributed by atoms with Crippen molar-refractivity contribution in [2.24, 2.45) is 17.8 Å². The first-order valence-corrected chi connectivity index (χ1v) is 16.4. The maximum absolute atomic E-state index is 2.50. The van der Waals surface area contributed by atoms with Crippen molar-refractivity contribution in [3.63, 3.8) is 0 Å². The third-order valence-corrected chi connectivity index (χ3v) is 11.2. The Bertz CT molecular complexity index is 1440. The fourth-order valence-electron chi connectivity index (χ4n) is 9.72. The summed E-state index contributed by atoms with van der Waals surface area (Å²) in [7, 11) is 0. The largest absolute Gasteiger partial charge is 0.310 e. The minimum absolute atomic E-state index is 0.432. The lowest BCUT2D eigenvalue weighted by atomic mass is 9.48. The molecule has 5 saturated carbocycles. The predicted octanol–water partition coefficient (Wildman–Crippen LogP) is 11.3. The molecule has 0 aliphatic heterocycles. The normalized spacial score (nSPS) is 27.2. The fraction of sp³-hybridized carbons (Fsp3) is 0.400. The third kappa shape index (κ3) is 4.72. The van der Waals surface area contributed by atoms with Gasteiger partial charge in [-0.05, 0) is 127 Å². The Hall–Kier alpha value is -3.32. The number of rotatable bonds is 6. The van der Waals surface area contributed by atoms with Gasteiger partial charge in [-0.3, -0.25) is 0 Å². The second-order valence-corrected chi connectivity index (χ2v) is 13.9. The molecular formula is C40H43N. The van der Waals surface area contributed by atoms with E-state index in [4.69, 9.17) is 0 Å². The molecule has 4 aromatic rings. The highest BCUT2D eigenvalue weighted by Gasteiger charge is 2.51. The number of para-hydroxylation sites is 1. The topological polar surface area (TPSA) is 3.24 Å². The van der Waals surface area contributed by atoms with Gasteiger partial charge >= 0.3 is 0 Å². The first-order chi connectivity index (χ1) is 20.2. The van der Waals surface area contributed by atoms with E-state index in [0.29, 0.717) is 5.41 Å². The van der Waals surface area contributed by atoms with Crippen LogP contribution in [0.1, 0.15) is 87.7 Å². The highest BCUT2D eigenvalue weighted by atomic mass is 15.1. The molecule has 9 rings (SSSR count). The summed E-state index contributed by atoms with van der Waals surface area (Å²) in [4.78, 5) is 2.50. The molecule has 0 saturated heterocycles. The molecule has 5 fully saturated rings. The zero-order valence-corrected chi connectivity index (χ0v) is 24.3. The van der Waals surface area contributed by atoms with Crippen molar-refractivity contribution in [2.45, 2.75) is 82.0 Å². The van der Waals surface area contributed by atoms with Crippen LogP contribution in [0, 0.1) is 17.8 Å². The van der Waals surface area contributed by atoms with Crippen LogP contribution in [0.25, 0.3) is 11.1 Å². The maximum atomic E-state index is 2.50. The van der Waals surface area contributed by atoms with Crippen molar-refractivity contribution in [1.29, 1.82) is 0 Å². The molecule has 0 atom stereocenters. The molecule has 4 aromatic carbocycles. The average molecular weight is 538 g/mol. The van der Waals surface area contributed by atoms with Crippen LogP contribution in [0.3, 0.4) is 0 Å². The fourth-order valence-corrected chi connectivity index (χ4v) is 9.72. The van der Waals surface area contributed by atoms with Crippen molar-refractivity contribution in [3.8, 4) is 11.1 Å². The lowest BCUT2D eigenvalue weighted by molar-refractivity contribution is -0.00518. The van der Waals surface area contributed by atoms with E-state index in [-0.39, 0.29) is 0 Å². The Kier molecular flexibility index (Phi) is 6.50. The van der Waals surface area contributed by atoms with Crippen molar-refractivity contribution < 1.29 is 0 Å². The van der Waals surface area contributed by atoms with Crippen molar-refractivity contribution >= 4 is 17.1 Å². The van der Waals surface area contributed by atoms with Gasteiger partial charge < -0.3 is 4.90 Å². The van der Waals surface area contributed by atoms with Gasteiger partial charge in [-0.1, -0.05) is 92.1 Å². The summed E-state index contributed by atoms with van der Waals surface area (Å²) in [5, 5.41) is 0. The van der Waals surface area contributed by atoms with Gasteiger partial charge in [0.15, 0.2) is 0 Å². The van der Waals surface area contributed by atoms with Gasteiger partial charge in [0.2, 0.25) is 0 Å². The van der Waals surface area contributed by atoms with Gasteiger partial charge in [0.05, 0.1) is 5.69 Å². The molecule has 1 nitrogen and oxygen atoms in total. The summed E-state index contributed by atoms with van der Waals surface area (Å²) in [5.41, 5.74) is 9.83. The first kappa shape index (κ1) is 25.4. The molecule has 4 bridgehead atoms. The van der Waals surface area contributed by atoms with E-state index in [1.54, 1.807) is 5.56 Å². The zero-order valence-electron chi connectivity index (χ0n) is 24.3. The average Bonchev–Trinajstić information content (AvgIpc) is 3.02. The van der Waals surface area contributed by atoms with Crippen molar-refractivity contribution in [2.75, 3.05) is 4.90 Å². The second kappa shape index (κ2) is 10.5. The van der Waals surface area contributed by atoms with E-state index in [1.807, 2.05) is 0 Å². The number of hydrogen-bond acceptors (Lipinski definition) is 1. The maximum Gasteiger partial charge on any atom is 0.0540 e. The lowest BCUT2D eigenvalue weighted by Crippen LogP contribution is -2.48. The number of hydrogen-bond donors (Lipinski definition) is 0. The van der Waals surface area contributed by atoms with Crippen molar-refractivity contribution in [3.05, 3.63) is 114 Å². The van der Waals surface area contributed by atoms with Gasteiger partial charge in [0.25, 0.3) is 0 Å². The molecule has 208 valence electrons. The second-order valence-electron chi connectivity index (χ2n) is 13.9. The Morgan fingerprint density at radius 3 is 1.73 bits per heavy atom. The quantitative estimate of drug-likeness (QED) is 0.236. The SMILES string of the molecule is c1ccc(-c2ccccc2N(c2ccc(C3CCCCC3)cc2)c2ccc(C34CC5CC(CC(C5)C3)C4)cc2)cc1. The van der Waals surface area contributed by atoms with Crippen LogP contribution in [0.2, 0.25) is 0 Å². The summed E-state index contributed by atoms with van der Waals surface area (Å²) in [6, 6.07) is 39.2. The minimum Gasteiger partial charge on any atom is -0.310 e. The third-order valence-electron chi connectivity index (χ3n) is 11.2. The Morgan fingerprint density at radius 2 is 1.10 bits per heavy atom. The van der Waals surface area contributed by atoms with E-state index >= 15 is 0 Å². The molecule has 0 N–H and O–H groups in total. The van der Waals surface area contributed by atoms with Crippen LogP contribution in [0.15, 0.2) is 103 Å². The summed E-state index contributed by atoms with van der Waals surface area (Å²) in [6.07, 6.45) is 15.6. The van der Waals surface area contributed by atoms with Crippen LogP contribution in [-0.4, -0.2) is 0 Å². The summed E-state index contributed by atoms with van der Waals surface area (Å²) in [6.45, 7) is 0. The van der Waals surface area contributed by atoms with E-state index in [1.165, 1.54) is 104 Å². The van der Waals surface area contributed by atoms with Gasteiger partial charge in [0, 0.05) is 16.9 Å². The van der Waals surface area contributed by atoms with E-state index in [9.17, 15) is 0 Å². The molecule has 5 aliphatic rings. The molecular weight excluding hydrogens is 494 g/mol. The van der Waals surface area contributed by atoms with E-state index in [2.05, 4.69) is 108 Å². The standard InChI is InChI=1S/C40H43N/c1-3-9-32(10-4-1)33-15-19-36(20-16-33)41(39-14-8-7-13-38(39)34-11-5-2-6-12-34)37-21-17-35(18-22-37)40-26-29-23-30(27-40)25-31(24-29)28-40/h2,5-8,11-22,29-32H,1,3-4,9-10,23-28H2. The Labute approximate surface area is 246 Å². The van der Waals surface area contributed by atoms with Crippen LogP contribution < -0.4 is 4.90 Å². The molecule has 0 radical (unpaired) electrons. The van der Waals surface area contributed by atoms with Crippen LogP contribution in [-0.2, 0) is 5.41 Å². The van der Waals surface area contributed by atoms with Gasteiger partial charge in [-0.2, -0.15) is 0 Å².